The number of imide groups is 1. The molecular formula is C16H12N2O4. The average molecular weight is 296 g/mol. The Bertz CT molecular complexity index is 748. The number of carbonyl (C=O) groups is 2. The fourth-order valence-electron chi connectivity index (χ4n) is 2.58. The third-order valence-corrected chi connectivity index (χ3v) is 3.80. The van der Waals surface area contributed by atoms with Crippen molar-refractivity contribution in [1.82, 2.24) is 4.90 Å². The smallest absolute Gasteiger partial charge is 0.269 e. The summed E-state index contributed by atoms with van der Waals surface area (Å²) in [7, 11) is 0. The Balaban J connectivity index is 1.93. The SMILES string of the molecule is C[C@@H](c1ccc([N+](=O)[O-])cc1)N1C(=O)c2ccccc2C1=O. The minimum absolute atomic E-state index is 0.0293. The molecule has 0 radical (unpaired) electrons. The Morgan fingerprint density at radius 3 is 1.91 bits per heavy atom. The van der Waals surface area contributed by atoms with Crippen LogP contribution in [0, 0.1) is 10.1 Å². The Hall–Kier alpha value is -3.02. The molecule has 0 bridgehead atoms. The summed E-state index contributed by atoms with van der Waals surface area (Å²) >= 11 is 0. The molecule has 2 aromatic rings. The van der Waals surface area contributed by atoms with E-state index in [-0.39, 0.29) is 17.5 Å². The summed E-state index contributed by atoms with van der Waals surface area (Å²) in [6.07, 6.45) is 0. The Kier molecular flexibility index (Phi) is 3.21. The zero-order valence-corrected chi connectivity index (χ0v) is 11.7. The van der Waals surface area contributed by atoms with Crippen molar-refractivity contribution in [2.45, 2.75) is 13.0 Å². The van der Waals surface area contributed by atoms with Gasteiger partial charge in [-0.15, -0.1) is 0 Å². The molecule has 2 aromatic carbocycles. The van der Waals surface area contributed by atoms with Crippen molar-refractivity contribution in [2.24, 2.45) is 0 Å². The average Bonchev–Trinajstić information content (AvgIpc) is 2.79. The van der Waals surface area contributed by atoms with Gasteiger partial charge in [-0.1, -0.05) is 24.3 Å². The van der Waals surface area contributed by atoms with Crippen LogP contribution in [0.5, 0.6) is 0 Å². The standard InChI is InChI=1S/C16H12N2O4/c1-10(11-6-8-12(9-7-11)18(21)22)17-15(19)13-4-2-3-5-14(13)16(17)20/h2-10H,1H3/t10-/m0/s1. The number of nitro benzene ring substituents is 1. The molecule has 0 aliphatic carbocycles. The van der Waals surface area contributed by atoms with Crippen LogP contribution < -0.4 is 0 Å². The largest absolute Gasteiger partial charge is 0.269 e. The van der Waals surface area contributed by atoms with Crippen molar-refractivity contribution < 1.29 is 14.5 Å². The first-order chi connectivity index (χ1) is 10.5. The molecule has 0 aromatic heterocycles. The molecule has 110 valence electrons. The maximum atomic E-state index is 12.4. The minimum atomic E-state index is -0.492. The molecule has 1 atom stereocenters. The molecule has 6 heteroatoms. The van der Waals surface area contributed by atoms with Crippen LogP contribution in [0.25, 0.3) is 0 Å². The molecular weight excluding hydrogens is 284 g/mol. The number of nitro groups is 1. The maximum Gasteiger partial charge on any atom is 0.269 e. The molecule has 0 N–H and O–H groups in total. The topological polar surface area (TPSA) is 80.5 Å². The molecule has 3 rings (SSSR count). The van der Waals surface area contributed by atoms with E-state index < -0.39 is 11.0 Å². The lowest BCUT2D eigenvalue weighted by Gasteiger charge is -2.22. The number of carbonyl (C=O) groups excluding carboxylic acids is 2. The molecule has 2 amide bonds. The Labute approximate surface area is 126 Å². The van der Waals surface area contributed by atoms with Crippen LogP contribution in [-0.2, 0) is 0 Å². The van der Waals surface area contributed by atoms with Gasteiger partial charge in [0.15, 0.2) is 0 Å². The molecule has 1 aliphatic rings. The molecule has 0 saturated heterocycles. The van der Waals surface area contributed by atoms with Gasteiger partial charge in [-0.05, 0) is 24.6 Å². The molecule has 6 nitrogen and oxygen atoms in total. The second-order valence-electron chi connectivity index (χ2n) is 5.05. The van der Waals surface area contributed by atoms with Crippen LogP contribution in [0.3, 0.4) is 0 Å². The van der Waals surface area contributed by atoms with Gasteiger partial charge in [0.05, 0.1) is 22.1 Å². The zero-order valence-electron chi connectivity index (χ0n) is 11.7. The van der Waals surface area contributed by atoms with Crippen molar-refractivity contribution >= 4 is 17.5 Å². The number of fused-ring (bicyclic) bond motifs is 1. The number of hydrogen-bond acceptors (Lipinski definition) is 4. The van der Waals surface area contributed by atoms with E-state index in [2.05, 4.69) is 0 Å². The van der Waals surface area contributed by atoms with Crippen LogP contribution in [0.1, 0.15) is 39.2 Å². The maximum absolute atomic E-state index is 12.4. The predicted octanol–water partition coefficient (Wildman–Crippen LogP) is 2.95. The normalized spacial score (nSPS) is 14.9. The molecule has 1 heterocycles. The minimum Gasteiger partial charge on any atom is -0.269 e. The van der Waals surface area contributed by atoms with Gasteiger partial charge in [-0.2, -0.15) is 0 Å². The van der Waals surface area contributed by atoms with Crippen LogP contribution in [0.4, 0.5) is 5.69 Å². The van der Waals surface area contributed by atoms with Crippen molar-refractivity contribution in [3.05, 3.63) is 75.3 Å². The second kappa shape index (κ2) is 5.07. The number of benzene rings is 2. The van der Waals surface area contributed by atoms with Crippen molar-refractivity contribution in [2.75, 3.05) is 0 Å². The van der Waals surface area contributed by atoms with E-state index in [1.54, 1.807) is 43.3 Å². The summed E-state index contributed by atoms with van der Waals surface area (Å²) in [5.74, 6) is -0.682. The van der Waals surface area contributed by atoms with Gasteiger partial charge >= 0.3 is 0 Å². The van der Waals surface area contributed by atoms with Gasteiger partial charge in [0.25, 0.3) is 17.5 Å². The molecule has 0 spiro atoms. The molecule has 0 unspecified atom stereocenters. The summed E-state index contributed by atoms with van der Waals surface area (Å²) in [6, 6.07) is 12.0. The van der Waals surface area contributed by atoms with Crippen LogP contribution in [-0.4, -0.2) is 21.6 Å². The lowest BCUT2D eigenvalue weighted by molar-refractivity contribution is -0.384. The molecule has 1 aliphatic heterocycles. The van der Waals surface area contributed by atoms with Crippen LogP contribution >= 0.6 is 0 Å². The second-order valence-corrected chi connectivity index (χ2v) is 5.05. The molecule has 0 saturated carbocycles. The first kappa shape index (κ1) is 13.9. The number of amides is 2. The van der Waals surface area contributed by atoms with Crippen molar-refractivity contribution in [3.63, 3.8) is 0 Å². The fraction of sp³-hybridized carbons (Fsp3) is 0.125. The van der Waals surface area contributed by atoms with Gasteiger partial charge < -0.3 is 0 Å². The van der Waals surface area contributed by atoms with Gasteiger partial charge in [-0.3, -0.25) is 24.6 Å². The summed E-state index contributed by atoms with van der Waals surface area (Å²) in [4.78, 5) is 36.2. The zero-order chi connectivity index (χ0) is 15.9. The summed E-state index contributed by atoms with van der Waals surface area (Å²) in [6.45, 7) is 1.73. The van der Waals surface area contributed by atoms with E-state index in [4.69, 9.17) is 0 Å². The third-order valence-electron chi connectivity index (χ3n) is 3.80. The van der Waals surface area contributed by atoms with E-state index in [1.165, 1.54) is 17.0 Å². The third kappa shape index (κ3) is 2.05. The Morgan fingerprint density at radius 2 is 1.45 bits per heavy atom. The molecule has 22 heavy (non-hydrogen) atoms. The highest BCUT2D eigenvalue weighted by Gasteiger charge is 2.38. The Morgan fingerprint density at radius 1 is 0.955 bits per heavy atom. The lowest BCUT2D eigenvalue weighted by atomic mass is 10.1. The quantitative estimate of drug-likeness (QED) is 0.495. The fourth-order valence-corrected chi connectivity index (χ4v) is 2.58. The number of rotatable bonds is 3. The van der Waals surface area contributed by atoms with Crippen molar-refractivity contribution in [3.8, 4) is 0 Å². The van der Waals surface area contributed by atoms with Gasteiger partial charge in [0.2, 0.25) is 0 Å². The van der Waals surface area contributed by atoms with E-state index in [9.17, 15) is 19.7 Å². The highest BCUT2D eigenvalue weighted by atomic mass is 16.6. The first-order valence-electron chi connectivity index (χ1n) is 6.72. The highest BCUT2D eigenvalue weighted by molar-refractivity contribution is 6.21. The van der Waals surface area contributed by atoms with Crippen molar-refractivity contribution in [1.29, 1.82) is 0 Å². The predicted molar refractivity (Wildman–Crippen MR) is 78.5 cm³/mol. The van der Waals surface area contributed by atoms with Gasteiger partial charge in [-0.25, -0.2) is 0 Å². The summed E-state index contributed by atoms with van der Waals surface area (Å²) in [5, 5.41) is 10.7. The van der Waals surface area contributed by atoms with Gasteiger partial charge in [0.1, 0.15) is 0 Å². The van der Waals surface area contributed by atoms with Crippen LogP contribution in [0.15, 0.2) is 48.5 Å². The number of nitrogens with zero attached hydrogens (tertiary/aromatic N) is 2. The van der Waals surface area contributed by atoms with E-state index in [0.29, 0.717) is 16.7 Å². The summed E-state index contributed by atoms with van der Waals surface area (Å²) in [5.41, 5.74) is 1.42. The number of non-ortho nitro benzene ring substituents is 1. The van der Waals surface area contributed by atoms with Crippen LogP contribution in [0.2, 0.25) is 0 Å². The lowest BCUT2D eigenvalue weighted by Crippen LogP contribution is -2.32. The molecule has 0 fully saturated rings. The highest BCUT2D eigenvalue weighted by Crippen LogP contribution is 2.31. The summed E-state index contributed by atoms with van der Waals surface area (Å²) < 4.78 is 0. The van der Waals surface area contributed by atoms with E-state index >= 15 is 0 Å². The van der Waals surface area contributed by atoms with E-state index in [0.717, 1.165) is 0 Å². The van der Waals surface area contributed by atoms with E-state index in [1.807, 2.05) is 0 Å². The first-order valence-corrected chi connectivity index (χ1v) is 6.72. The van der Waals surface area contributed by atoms with Gasteiger partial charge in [0, 0.05) is 12.1 Å². The number of hydrogen-bond donors (Lipinski definition) is 0. The monoisotopic (exact) mass is 296 g/mol.